The van der Waals surface area contributed by atoms with E-state index in [9.17, 15) is 8.42 Å². The third-order valence-electron chi connectivity index (χ3n) is 3.16. The Hall–Kier alpha value is -1.23. The molecular weight excluding hydrogens is 236 g/mol. The van der Waals surface area contributed by atoms with Crippen LogP contribution in [-0.2, 0) is 10.0 Å². The lowest BCUT2D eigenvalue weighted by molar-refractivity contribution is 0.486. The van der Waals surface area contributed by atoms with Gasteiger partial charge in [-0.15, -0.1) is 0 Å². The highest BCUT2D eigenvalue weighted by Gasteiger charge is 2.26. The van der Waals surface area contributed by atoms with Crippen molar-refractivity contribution in [3.05, 3.63) is 24.3 Å². The van der Waals surface area contributed by atoms with Gasteiger partial charge in [0.1, 0.15) is 0 Å². The lowest BCUT2D eigenvalue weighted by Gasteiger charge is -2.22. The molecule has 0 atom stereocenters. The van der Waals surface area contributed by atoms with Gasteiger partial charge in [-0.05, 0) is 37.1 Å². The van der Waals surface area contributed by atoms with E-state index in [2.05, 4.69) is 4.72 Å². The predicted octanol–water partition coefficient (Wildman–Crippen LogP) is 2.34. The molecule has 2 rings (SSSR count). The first-order valence-corrected chi connectivity index (χ1v) is 7.50. The first-order valence-electron chi connectivity index (χ1n) is 5.95. The smallest absolute Gasteiger partial charge is 0.235 e. The fraction of sp³-hybridized carbons (Fsp3) is 0.500. The van der Waals surface area contributed by atoms with Crippen molar-refractivity contribution < 1.29 is 8.42 Å². The topological polar surface area (TPSA) is 72.2 Å². The molecule has 3 N–H and O–H groups in total. The van der Waals surface area contributed by atoms with Crippen LogP contribution in [0, 0.1) is 0 Å². The van der Waals surface area contributed by atoms with Crippen molar-refractivity contribution in [2.24, 2.45) is 0 Å². The molecular formula is C12H18N2O2S. The highest BCUT2D eigenvalue weighted by Crippen LogP contribution is 2.25. The van der Waals surface area contributed by atoms with Gasteiger partial charge in [0, 0.05) is 11.4 Å². The largest absolute Gasteiger partial charge is 0.399 e. The molecule has 1 aliphatic carbocycles. The second kappa shape index (κ2) is 4.96. The Morgan fingerprint density at radius 2 is 1.65 bits per heavy atom. The quantitative estimate of drug-likeness (QED) is 0.813. The number of hydrogen-bond acceptors (Lipinski definition) is 3. The monoisotopic (exact) mass is 254 g/mol. The summed E-state index contributed by atoms with van der Waals surface area (Å²) in [6.45, 7) is 0. The SMILES string of the molecule is Nc1ccc(NS(=O)(=O)C2CCCCC2)cc1. The normalized spacial score (nSPS) is 17.9. The number of nitrogens with two attached hydrogens (primary N) is 1. The van der Waals surface area contributed by atoms with Crippen LogP contribution in [0.15, 0.2) is 24.3 Å². The molecule has 0 bridgehead atoms. The fourth-order valence-corrected chi connectivity index (χ4v) is 3.76. The molecule has 0 aromatic heterocycles. The molecule has 5 heteroatoms. The molecule has 1 fully saturated rings. The zero-order chi connectivity index (χ0) is 12.3. The van der Waals surface area contributed by atoms with Crippen LogP contribution in [0.3, 0.4) is 0 Å². The summed E-state index contributed by atoms with van der Waals surface area (Å²) < 4.78 is 26.8. The molecule has 1 saturated carbocycles. The Morgan fingerprint density at radius 3 is 2.24 bits per heavy atom. The van der Waals surface area contributed by atoms with Gasteiger partial charge in [0.2, 0.25) is 10.0 Å². The fourth-order valence-electron chi connectivity index (χ4n) is 2.17. The Balaban J connectivity index is 2.08. The Bertz CT molecular complexity index is 462. The number of rotatable bonds is 3. The maximum atomic E-state index is 12.1. The van der Waals surface area contributed by atoms with Crippen molar-refractivity contribution in [3.63, 3.8) is 0 Å². The van der Waals surface area contributed by atoms with E-state index >= 15 is 0 Å². The minimum Gasteiger partial charge on any atom is -0.399 e. The van der Waals surface area contributed by atoms with E-state index in [0.717, 1.165) is 32.1 Å². The molecule has 1 aromatic carbocycles. The van der Waals surface area contributed by atoms with Gasteiger partial charge >= 0.3 is 0 Å². The lowest BCUT2D eigenvalue weighted by Crippen LogP contribution is -2.29. The van der Waals surface area contributed by atoms with Crippen LogP contribution in [0.2, 0.25) is 0 Å². The van der Waals surface area contributed by atoms with E-state index in [-0.39, 0.29) is 5.25 Å². The summed E-state index contributed by atoms with van der Waals surface area (Å²) in [7, 11) is -3.24. The number of hydrogen-bond donors (Lipinski definition) is 2. The van der Waals surface area contributed by atoms with E-state index in [4.69, 9.17) is 5.73 Å². The Labute approximate surface area is 102 Å². The second-order valence-corrected chi connectivity index (χ2v) is 6.49. The second-order valence-electron chi connectivity index (χ2n) is 4.53. The number of anilines is 2. The van der Waals surface area contributed by atoms with Gasteiger partial charge < -0.3 is 5.73 Å². The third-order valence-corrected chi connectivity index (χ3v) is 5.03. The molecule has 0 spiro atoms. The average Bonchev–Trinajstić information content (AvgIpc) is 2.33. The van der Waals surface area contributed by atoms with Crippen LogP contribution < -0.4 is 10.5 Å². The van der Waals surface area contributed by atoms with E-state index in [1.807, 2.05) is 0 Å². The van der Waals surface area contributed by atoms with Crippen molar-refractivity contribution in [2.75, 3.05) is 10.5 Å². The molecule has 0 saturated heterocycles. The number of sulfonamides is 1. The minimum absolute atomic E-state index is 0.242. The number of nitrogen functional groups attached to an aromatic ring is 1. The van der Waals surface area contributed by atoms with Crippen molar-refractivity contribution in [2.45, 2.75) is 37.4 Å². The summed E-state index contributed by atoms with van der Waals surface area (Å²) >= 11 is 0. The average molecular weight is 254 g/mol. The maximum absolute atomic E-state index is 12.1. The van der Waals surface area contributed by atoms with E-state index in [1.165, 1.54) is 0 Å². The molecule has 0 amide bonds. The van der Waals surface area contributed by atoms with Crippen LogP contribution in [0.5, 0.6) is 0 Å². The summed E-state index contributed by atoms with van der Waals surface area (Å²) in [6, 6.07) is 6.77. The minimum atomic E-state index is -3.24. The highest BCUT2D eigenvalue weighted by molar-refractivity contribution is 7.93. The molecule has 0 aliphatic heterocycles. The molecule has 4 nitrogen and oxygen atoms in total. The number of nitrogens with one attached hydrogen (secondary N) is 1. The van der Waals surface area contributed by atoms with E-state index in [0.29, 0.717) is 11.4 Å². The summed E-state index contributed by atoms with van der Waals surface area (Å²) in [6.07, 6.45) is 4.70. The first-order chi connectivity index (χ1) is 8.08. The van der Waals surface area contributed by atoms with Crippen LogP contribution >= 0.6 is 0 Å². The molecule has 1 aliphatic rings. The van der Waals surface area contributed by atoms with Gasteiger partial charge in [-0.1, -0.05) is 19.3 Å². The van der Waals surface area contributed by atoms with Gasteiger partial charge in [0.15, 0.2) is 0 Å². The maximum Gasteiger partial charge on any atom is 0.235 e. The van der Waals surface area contributed by atoms with Crippen molar-refractivity contribution >= 4 is 21.4 Å². The summed E-state index contributed by atoms with van der Waals surface area (Å²) in [5, 5.41) is -0.242. The van der Waals surface area contributed by atoms with Gasteiger partial charge in [0.05, 0.1) is 5.25 Å². The van der Waals surface area contributed by atoms with Crippen LogP contribution in [-0.4, -0.2) is 13.7 Å². The molecule has 0 heterocycles. The summed E-state index contributed by atoms with van der Waals surface area (Å²) in [4.78, 5) is 0. The zero-order valence-electron chi connectivity index (χ0n) is 9.72. The van der Waals surface area contributed by atoms with Crippen LogP contribution in [0.4, 0.5) is 11.4 Å². The molecule has 1 aromatic rings. The van der Waals surface area contributed by atoms with Crippen molar-refractivity contribution in [3.8, 4) is 0 Å². The molecule has 94 valence electrons. The Kier molecular flexibility index (Phi) is 3.57. The molecule has 0 radical (unpaired) electrons. The van der Waals surface area contributed by atoms with Gasteiger partial charge in [0.25, 0.3) is 0 Å². The van der Waals surface area contributed by atoms with Crippen LogP contribution in [0.1, 0.15) is 32.1 Å². The van der Waals surface area contributed by atoms with Gasteiger partial charge in [-0.3, -0.25) is 4.72 Å². The van der Waals surface area contributed by atoms with Gasteiger partial charge in [-0.25, -0.2) is 8.42 Å². The molecule has 0 unspecified atom stereocenters. The highest BCUT2D eigenvalue weighted by atomic mass is 32.2. The third kappa shape index (κ3) is 3.12. The summed E-state index contributed by atoms with van der Waals surface area (Å²) in [5.41, 5.74) is 6.77. The zero-order valence-corrected chi connectivity index (χ0v) is 10.5. The standard InChI is InChI=1S/C12H18N2O2S/c13-10-6-8-11(9-7-10)14-17(15,16)12-4-2-1-3-5-12/h6-9,12,14H,1-5,13H2. The van der Waals surface area contributed by atoms with Gasteiger partial charge in [-0.2, -0.15) is 0 Å². The van der Waals surface area contributed by atoms with Crippen molar-refractivity contribution in [1.82, 2.24) is 0 Å². The van der Waals surface area contributed by atoms with E-state index in [1.54, 1.807) is 24.3 Å². The Morgan fingerprint density at radius 1 is 1.06 bits per heavy atom. The summed E-state index contributed by atoms with van der Waals surface area (Å²) in [5.74, 6) is 0. The van der Waals surface area contributed by atoms with Crippen LogP contribution in [0.25, 0.3) is 0 Å². The molecule has 17 heavy (non-hydrogen) atoms. The van der Waals surface area contributed by atoms with Crippen molar-refractivity contribution in [1.29, 1.82) is 0 Å². The van der Waals surface area contributed by atoms with E-state index < -0.39 is 10.0 Å². The number of benzene rings is 1. The first kappa shape index (κ1) is 12.2. The predicted molar refractivity (Wildman–Crippen MR) is 70.3 cm³/mol. The lowest BCUT2D eigenvalue weighted by atomic mass is 10.0.